The third kappa shape index (κ3) is 8.10. The minimum absolute atomic E-state index is 0.193. The third-order valence-electron chi connectivity index (χ3n) is 3.71. The summed E-state index contributed by atoms with van der Waals surface area (Å²) >= 11 is 0. The molecule has 0 spiro atoms. The van der Waals surface area contributed by atoms with Crippen molar-refractivity contribution in [3.05, 3.63) is 23.9 Å². The van der Waals surface area contributed by atoms with Crippen LogP contribution in [-0.2, 0) is 4.74 Å². The second kappa shape index (κ2) is 8.99. The number of ether oxygens (including phenoxy) is 1. The lowest BCUT2D eigenvalue weighted by molar-refractivity contribution is 0.0200. The Kier molecular flexibility index (Phi) is 7.66. The minimum atomic E-state index is -0.424. The summed E-state index contributed by atoms with van der Waals surface area (Å²) in [5.74, 6) is 0.571. The van der Waals surface area contributed by atoms with Crippen LogP contribution in [0.25, 0.3) is 0 Å². The Bertz CT molecular complexity index is 425. The van der Waals surface area contributed by atoms with Crippen molar-refractivity contribution in [1.82, 2.24) is 10.2 Å². The summed E-state index contributed by atoms with van der Waals surface area (Å²) in [6.07, 6.45) is 9.22. The van der Waals surface area contributed by atoms with Crippen LogP contribution in [0.1, 0.15) is 60.8 Å². The highest BCUT2D eigenvalue weighted by Gasteiger charge is 2.26. The van der Waals surface area contributed by atoms with Gasteiger partial charge in [0.05, 0.1) is 0 Å². The molecule has 0 bridgehead atoms. The number of allylic oxidation sites excluding steroid dienone is 4. The van der Waals surface area contributed by atoms with Crippen LogP contribution in [0.3, 0.4) is 0 Å². The van der Waals surface area contributed by atoms with Crippen LogP contribution in [0.5, 0.6) is 0 Å². The number of nitrogens with one attached hydrogen (secondary N) is 1. The molecule has 1 heterocycles. The van der Waals surface area contributed by atoms with Gasteiger partial charge < -0.3 is 15.0 Å². The Morgan fingerprint density at radius 3 is 2.39 bits per heavy atom. The molecule has 0 aromatic rings. The summed E-state index contributed by atoms with van der Waals surface area (Å²) < 4.78 is 5.44. The van der Waals surface area contributed by atoms with E-state index in [0.29, 0.717) is 12.0 Å². The van der Waals surface area contributed by atoms with Crippen LogP contribution in [-0.4, -0.2) is 35.7 Å². The Balaban J connectivity index is 2.45. The van der Waals surface area contributed by atoms with Crippen LogP contribution in [0.15, 0.2) is 23.9 Å². The average Bonchev–Trinajstić information content (AvgIpc) is 2.44. The van der Waals surface area contributed by atoms with E-state index in [0.717, 1.165) is 32.4 Å². The largest absolute Gasteiger partial charge is 0.444 e. The maximum absolute atomic E-state index is 12.1. The Labute approximate surface area is 142 Å². The highest BCUT2D eigenvalue weighted by molar-refractivity contribution is 5.68. The van der Waals surface area contributed by atoms with Gasteiger partial charge in [-0.2, -0.15) is 0 Å². The number of hydrogen-bond donors (Lipinski definition) is 1. The molecule has 1 saturated heterocycles. The van der Waals surface area contributed by atoms with Gasteiger partial charge in [0.1, 0.15) is 5.60 Å². The molecule has 1 aliphatic rings. The predicted octanol–water partition coefficient (Wildman–Crippen LogP) is 4.48. The van der Waals surface area contributed by atoms with Gasteiger partial charge in [0.15, 0.2) is 0 Å². The van der Waals surface area contributed by atoms with Crippen molar-refractivity contribution in [2.75, 3.05) is 13.1 Å². The highest BCUT2D eigenvalue weighted by atomic mass is 16.6. The average molecular weight is 322 g/mol. The normalized spacial score (nSPS) is 17.9. The van der Waals surface area contributed by atoms with E-state index in [4.69, 9.17) is 4.74 Å². The van der Waals surface area contributed by atoms with Gasteiger partial charge in [-0.05, 0) is 52.0 Å². The van der Waals surface area contributed by atoms with Gasteiger partial charge in [0.2, 0.25) is 0 Å². The Morgan fingerprint density at radius 2 is 1.91 bits per heavy atom. The lowest BCUT2D eigenvalue weighted by atomic mass is 10.0. The predicted molar refractivity (Wildman–Crippen MR) is 96.3 cm³/mol. The molecule has 0 radical (unpaired) electrons. The van der Waals surface area contributed by atoms with E-state index < -0.39 is 5.60 Å². The van der Waals surface area contributed by atoms with Gasteiger partial charge in [0.25, 0.3) is 0 Å². The van der Waals surface area contributed by atoms with Gasteiger partial charge in [-0.15, -0.1) is 0 Å². The zero-order chi connectivity index (χ0) is 17.5. The molecular formula is C19H34N2O2. The molecule has 4 heteroatoms. The van der Waals surface area contributed by atoms with E-state index in [1.807, 2.05) is 25.7 Å². The van der Waals surface area contributed by atoms with Crippen molar-refractivity contribution in [3.8, 4) is 0 Å². The molecule has 0 saturated carbocycles. The first-order valence-corrected chi connectivity index (χ1v) is 8.83. The number of carbonyl (C=O) groups excluding carboxylic acids is 1. The summed E-state index contributed by atoms with van der Waals surface area (Å²) in [5.41, 5.74) is 0.838. The zero-order valence-corrected chi connectivity index (χ0v) is 15.7. The Morgan fingerprint density at radius 1 is 1.30 bits per heavy atom. The number of rotatable bonds is 5. The second-order valence-corrected chi connectivity index (χ2v) is 7.56. The van der Waals surface area contributed by atoms with Crippen molar-refractivity contribution in [2.45, 2.75) is 72.4 Å². The summed E-state index contributed by atoms with van der Waals surface area (Å²) in [6.45, 7) is 13.7. The number of hydrogen-bond acceptors (Lipinski definition) is 3. The number of likely N-dealkylation sites (tertiary alicyclic amines) is 1. The second-order valence-electron chi connectivity index (χ2n) is 7.56. The van der Waals surface area contributed by atoms with E-state index in [-0.39, 0.29) is 6.09 Å². The molecule has 1 rings (SSSR count). The maximum atomic E-state index is 12.1. The topological polar surface area (TPSA) is 41.6 Å². The van der Waals surface area contributed by atoms with Crippen LogP contribution < -0.4 is 5.32 Å². The van der Waals surface area contributed by atoms with Crippen molar-refractivity contribution >= 4 is 6.09 Å². The third-order valence-corrected chi connectivity index (χ3v) is 3.71. The van der Waals surface area contributed by atoms with Crippen molar-refractivity contribution in [1.29, 1.82) is 0 Å². The fourth-order valence-electron chi connectivity index (χ4n) is 2.46. The fourth-order valence-corrected chi connectivity index (χ4v) is 2.46. The van der Waals surface area contributed by atoms with Crippen molar-refractivity contribution in [2.24, 2.45) is 5.92 Å². The molecule has 0 aliphatic carbocycles. The standard InChI is InChI=1S/C19H34N2O2/c1-7-16(10-8-9-15(2)3)20-17-11-13-21(14-12-17)18(22)23-19(4,5)6/h8-10,15,17,20H,7,11-14H2,1-6H3/b9-8-,16-10+. The van der Waals surface area contributed by atoms with Crippen LogP contribution >= 0.6 is 0 Å². The minimum Gasteiger partial charge on any atom is -0.444 e. The summed E-state index contributed by atoms with van der Waals surface area (Å²) in [4.78, 5) is 13.9. The first-order chi connectivity index (χ1) is 10.7. The van der Waals surface area contributed by atoms with Crippen LogP contribution in [0, 0.1) is 5.92 Å². The van der Waals surface area contributed by atoms with E-state index in [2.05, 4.69) is 44.3 Å². The molecule has 1 N–H and O–H groups in total. The molecule has 1 aliphatic heterocycles. The lowest BCUT2D eigenvalue weighted by Crippen LogP contribution is -2.46. The smallest absolute Gasteiger partial charge is 0.410 e. The summed E-state index contributed by atoms with van der Waals surface area (Å²) in [5, 5.41) is 3.62. The molecule has 23 heavy (non-hydrogen) atoms. The molecule has 0 aromatic heterocycles. The van der Waals surface area contributed by atoms with E-state index >= 15 is 0 Å². The molecule has 1 amide bonds. The quantitative estimate of drug-likeness (QED) is 0.759. The van der Waals surface area contributed by atoms with Crippen LogP contribution in [0.2, 0.25) is 0 Å². The highest BCUT2D eigenvalue weighted by Crippen LogP contribution is 2.16. The first-order valence-electron chi connectivity index (χ1n) is 8.83. The monoisotopic (exact) mass is 322 g/mol. The van der Waals surface area contributed by atoms with Crippen molar-refractivity contribution < 1.29 is 9.53 Å². The lowest BCUT2D eigenvalue weighted by Gasteiger charge is -2.34. The van der Waals surface area contributed by atoms with Gasteiger partial charge in [-0.25, -0.2) is 4.79 Å². The number of piperidine rings is 1. The molecular weight excluding hydrogens is 288 g/mol. The maximum Gasteiger partial charge on any atom is 0.410 e. The molecule has 0 atom stereocenters. The first kappa shape index (κ1) is 19.6. The van der Waals surface area contributed by atoms with Gasteiger partial charge in [-0.1, -0.05) is 32.9 Å². The molecule has 0 unspecified atom stereocenters. The molecule has 132 valence electrons. The van der Waals surface area contributed by atoms with Gasteiger partial charge in [-0.3, -0.25) is 0 Å². The summed E-state index contributed by atoms with van der Waals surface area (Å²) in [6, 6.07) is 0.437. The van der Waals surface area contributed by atoms with Gasteiger partial charge in [0, 0.05) is 24.8 Å². The van der Waals surface area contributed by atoms with Crippen LogP contribution in [0.4, 0.5) is 4.79 Å². The Hall–Kier alpha value is -1.45. The fraction of sp³-hybridized carbons (Fsp3) is 0.737. The zero-order valence-electron chi connectivity index (χ0n) is 15.7. The number of amides is 1. The number of nitrogens with zero attached hydrogens (tertiary/aromatic N) is 1. The van der Waals surface area contributed by atoms with Crippen molar-refractivity contribution in [3.63, 3.8) is 0 Å². The van der Waals surface area contributed by atoms with E-state index in [1.54, 1.807) is 0 Å². The van der Waals surface area contributed by atoms with Gasteiger partial charge >= 0.3 is 6.09 Å². The van der Waals surface area contributed by atoms with E-state index in [1.165, 1.54) is 5.70 Å². The molecule has 4 nitrogen and oxygen atoms in total. The SMILES string of the molecule is CC/C(=C\C=C/C(C)C)NC1CCN(C(=O)OC(C)(C)C)CC1. The number of carbonyl (C=O) groups is 1. The van der Waals surface area contributed by atoms with E-state index in [9.17, 15) is 4.79 Å². The summed E-state index contributed by atoms with van der Waals surface area (Å²) in [7, 11) is 0. The molecule has 1 fully saturated rings. The molecule has 0 aromatic carbocycles.